The van der Waals surface area contributed by atoms with Crippen LogP contribution in [0.5, 0.6) is 0 Å². The molecular formula is C12H12F2O3S. The molecule has 1 aromatic carbocycles. The second kappa shape index (κ2) is 4.44. The van der Waals surface area contributed by atoms with E-state index in [2.05, 4.69) is 0 Å². The molecule has 0 heterocycles. The second-order valence-electron chi connectivity index (χ2n) is 4.22. The molecule has 98 valence electrons. The van der Waals surface area contributed by atoms with E-state index < -0.39 is 21.8 Å². The molecule has 2 rings (SSSR count). The fourth-order valence-corrected chi connectivity index (χ4v) is 2.41. The highest BCUT2D eigenvalue weighted by atomic mass is 32.2. The van der Waals surface area contributed by atoms with Gasteiger partial charge in [0, 0.05) is 0 Å². The van der Waals surface area contributed by atoms with Gasteiger partial charge in [-0.05, 0) is 23.3 Å². The number of fused-ring (bicyclic) bond motifs is 1. The smallest absolute Gasteiger partial charge is 0.281 e. The zero-order chi connectivity index (χ0) is 13.4. The van der Waals surface area contributed by atoms with Gasteiger partial charge >= 0.3 is 15.4 Å². The van der Waals surface area contributed by atoms with Gasteiger partial charge in [-0.2, -0.15) is 17.2 Å². The quantitative estimate of drug-likeness (QED) is 0.845. The summed E-state index contributed by atoms with van der Waals surface area (Å²) in [5.41, 5.74) is 0.357. The summed E-state index contributed by atoms with van der Waals surface area (Å²) in [6, 6.07) is 6.98. The zero-order valence-electron chi connectivity index (χ0n) is 9.44. The highest BCUT2D eigenvalue weighted by Crippen LogP contribution is 2.30. The summed E-state index contributed by atoms with van der Waals surface area (Å²) in [6.07, 6.45) is 1.93. The number of benzene rings is 1. The van der Waals surface area contributed by atoms with Crippen molar-refractivity contribution in [2.45, 2.75) is 24.5 Å². The first-order valence-corrected chi connectivity index (χ1v) is 6.87. The third kappa shape index (κ3) is 2.44. The Morgan fingerprint density at radius 3 is 2.61 bits per heavy atom. The Bertz CT molecular complexity index is 678. The molecule has 0 fully saturated rings. The van der Waals surface area contributed by atoms with E-state index in [1.807, 2.05) is 6.08 Å². The first-order chi connectivity index (χ1) is 8.31. The number of rotatable bonds is 3. The van der Waals surface area contributed by atoms with Crippen molar-refractivity contribution < 1.29 is 21.8 Å². The van der Waals surface area contributed by atoms with Crippen LogP contribution in [0.4, 0.5) is 8.78 Å². The Morgan fingerprint density at radius 2 is 1.94 bits per heavy atom. The van der Waals surface area contributed by atoms with E-state index >= 15 is 0 Å². The van der Waals surface area contributed by atoms with Crippen molar-refractivity contribution in [1.29, 1.82) is 0 Å². The van der Waals surface area contributed by atoms with Crippen LogP contribution in [0.2, 0.25) is 0 Å². The van der Waals surface area contributed by atoms with Crippen molar-refractivity contribution in [3.05, 3.63) is 34.7 Å². The minimum absolute atomic E-state index is 0.357. The topological polar surface area (TPSA) is 54.4 Å². The molecule has 1 N–H and O–H groups in total. The van der Waals surface area contributed by atoms with Crippen LogP contribution < -0.4 is 10.4 Å². The zero-order valence-corrected chi connectivity index (χ0v) is 10.3. The van der Waals surface area contributed by atoms with Gasteiger partial charge in [0.15, 0.2) is 0 Å². The molecule has 18 heavy (non-hydrogen) atoms. The van der Waals surface area contributed by atoms with Crippen LogP contribution in [-0.2, 0) is 10.1 Å². The van der Waals surface area contributed by atoms with Crippen molar-refractivity contribution in [3.8, 4) is 0 Å². The molecule has 0 saturated heterocycles. The van der Waals surface area contributed by atoms with E-state index in [1.165, 1.54) is 0 Å². The van der Waals surface area contributed by atoms with E-state index in [9.17, 15) is 17.2 Å². The fraction of sp³-hybridized carbons (Fsp3) is 0.333. The van der Waals surface area contributed by atoms with Gasteiger partial charge < -0.3 is 0 Å². The van der Waals surface area contributed by atoms with Gasteiger partial charge in [-0.25, -0.2) is 0 Å². The van der Waals surface area contributed by atoms with Crippen molar-refractivity contribution in [2.75, 3.05) is 0 Å². The summed E-state index contributed by atoms with van der Waals surface area (Å²) in [4.78, 5) is 0. The van der Waals surface area contributed by atoms with Crippen LogP contribution >= 0.6 is 0 Å². The van der Waals surface area contributed by atoms with Gasteiger partial charge in [-0.3, -0.25) is 4.55 Å². The van der Waals surface area contributed by atoms with E-state index in [1.54, 1.807) is 24.3 Å². The number of hydrogen-bond acceptors (Lipinski definition) is 2. The average molecular weight is 274 g/mol. The predicted molar refractivity (Wildman–Crippen MR) is 63.9 cm³/mol. The molecular weight excluding hydrogens is 262 g/mol. The molecule has 0 spiro atoms. The van der Waals surface area contributed by atoms with Crippen molar-refractivity contribution in [3.63, 3.8) is 0 Å². The first kappa shape index (κ1) is 13.2. The molecule has 1 aliphatic rings. The SMILES string of the molecule is O=S(=O)(O)C(F)(F)CC1=c2ccccc2=CCC1. The monoisotopic (exact) mass is 274 g/mol. The lowest BCUT2D eigenvalue weighted by molar-refractivity contribution is 0.0856. The normalized spacial score (nSPS) is 16.1. The standard InChI is InChI=1S/C12H12F2O3S/c13-12(14,18(15,16)17)8-10-6-3-5-9-4-1-2-7-11(9)10/h1-2,4-5,7H,3,6,8H2,(H,15,16,17). The maximum Gasteiger partial charge on any atom is 0.373 e. The van der Waals surface area contributed by atoms with Crippen LogP contribution in [0.3, 0.4) is 0 Å². The number of halogens is 2. The predicted octanol–water partition coefficient (Wildman–Crippen LogP) is 1.28. The Kier molecular flexibility index (Phi) is 3.25. The van der Waals surface area contributed by atoms with Crippen LogP contribution in [0.1, 0.15) is 19.3 Å². The maximum atomic E-state index is 13.3. The molecule has 0 radical (unpaired) electrons. The molecule has 1 aromatic rings. The van der Waals surface area contributed by atoms with Gasteiger partial charge in [0.2, 0.25) is 0 Å². The summed E-state index contributed by atoms with van der Waals surface area (Å²) in [7, 11) is -5.37. The molecule has 0 bridgehead atoms. The largest absolute Gasteiger partial charge is 0.373 e. The van der Waals surface area contributed by atoms with Crippen molar-refractivity contribution in [2.24, 2.45) is 0 Å². The first-order valence-electron chi connectivity index (χ1n) is 5.43. The molecule has 0 unspecified atom stereocenters. The van der Waals surface area contributed by atoms with E-state index in [4.69, 9.17) is 4.55 Å². The molecule has 0 saturated carbocycles. The number of hydrogen-bond donors (Lipinski definition) is 1. The van der Waals surface area contributed by atoms with Gasteiger partial charge in [-0.15, -0.1) is 0 Å². The van der Waals surface area contributed by atoms with Crippen molar-refractivity contribution >= 4 is 21.8 Å². The lowest BCUT2D eigenvalue weighted by Gasteiger charge is -2.17. The van der Waals surface area contributed by atoms with Gasteiger partial charge in [0.05, 0.1) is 6.42 Å². The number of alkyl halides is 2. The molecule has 0 aliphatic heterocycles. The van der Waals surface area contributed by atoms with Gasteiger partial charge in [0.1, 0.15) is 0 Å². The molecule has 6 heteroatoms. The summed E-state index contributed by atoms with van der Waals surface area (Å²) < 4.78 is 56.5. The summed E-state index contributed by atoms with van der Waals surface area (Å²) >= 11 is 0. The molecule has 0 aromatic heterocycles. The van der Waals surface area contributed by atoms with Crippen LogP contribution in [0, 0.1) is 0 Å². The highest BCUT2D eigenvalue weighted by Gasteiger charge is 2.44. The van der Waals surface area contributed by atoms with E-state index in [0.29, 0.717) is 23.6 Å². The molecule has 0 amide bonds. The second-order valence-corrected chi connectivity index (χ2v) is 5.77. The summed E-state index contributed by atoms with van der Waals surface area (Å²) in [5.74, 6) is 0. The Morgan fingerprint density at radius 1 is 1.28 bits per heavy atom. The minimum atomic E-state index is -5.37. The highest BCUT2D eigenvalue weighted by molar-refractivity contribution is 7.86. The lowest BCUT2D eigenvalue weighted by Crippen LogP contribution is -2.34. The third-order valence-corrected chi connectivity index (χ3v) is 3.85. The molecule has 3 nitrogen and oxygen atoms in total. The van der Waals surface area contributed by atoms with Gasteiger partial charge in [-0.1, -0.05) is 35.9 Å². The Labute approximate surface area is 103 Å². The summed E-state index contributed by atoms with van der Waals surface area (Å²) in [6.45, 7) is 0. The minimum Gasteiger partial charge on any atom is -0.281 e. The van der Waals surface area contributed by atoms with Gasteiger partial charge in [0.25, 0.3) is 0 Å². The fourth-order valence-electron chi connectivity index (χ4n) is 2.06. The Balaban J connectivity index is 2.52. The van der Waals surface area contributed by atoms with Crippen molar-refractivity contribution in [1.82, 2.24) is 0 Å². The van der Waals surface area contributed by atoms with E-state index in [0.717, 1.165) is 5.22 Å². The van der Waals surface area contributed by atoms with Crippen LogP contribution in [0.15, 0.2) is 24.3 Å². The van der Waals surface area contributed by atoms with Crippen LogP contribution in [-0.4, -0.2) is 18.2 Å². The third-order valence-electron chi connectivity index (χ3n) is 2.95. The maximum absolute atomic E-state index is 13.3. The molecule has 1 aliphatic carbocycles. The van der Waals surface area contributed by atoms with Crippen LogP contribution in [0.25, 0.3) is 11.6 Å². The lowest BCUT2D eigenvalue weighted by atomic mass is 9.97. The Hall–Kier alpha value is -1.27. The molecule has 0 atom stereocenters. The summed E-state index contributed by atoms with van der Waals surface area (Å²) in [5, 5.41) is -2.68. The van der Waals surface area contributed by atoms with E-state index in [-0.39, 0.29) is 0 Å². The average Bonchev–Trinajstić information content (AvgIpc) is 2.27.